The van der Waals surface area contributed by atoms with Gasteiger partial charge in [-0.2, -0.15) is 0 Å². The Morgan fingerprint density at radius 1 is 1.09 bits per heavy atom. The molecule has 2 aliphatic rings. The summed E-state index contributed by atoms with van der Waals surface area (Å²) in [5.41, 5.74) is 2.94. The highest BCUT2D eigenvalue weighted by molar-refractivity contribution is 7.17. The van der Waals surface area contributed by atoms with E-state index in [-0.39, 0.29) is 0 Å². The molecule has 0 amide bonds. The number of fused-ring (bicyclic) bond motifs is 2. The third-order valence-corrected chi connectivity index (χ3v) is 6.19. The van der Waals surface area contributed by atoms with Gasteiger partial charge in [-0.1, -0.05) is 54.4 Å². The number of piperidine rings is 1. The van der Waals surface area contributed by atoms with Gasteiger partial charge >= 0.3 is 0 Å². The standard InChI is InChI=1S/C19H20ClNS/c20-19-10-9-18(22-19)15-11-16-7-4-8-17(12-15)21(16)13-14-5-2-1-3-6-14/h1-3,5-6,9-11,16-17H,4,7-8,12-13H2. The molecule has 3 heteroatoms. The fourth-order valence-electron chi connectivity index (χ4n) is 3.83. The third-order valence-electron chi connectivity index (χ3n) is 4.88. The van der Waals surface area contributed by atoms with Crippen molar-refractivity contribution >= 4 is 28.5 Å². The van der Waals surface area contributed by atoms with Crippen molar-refractivity contribution in [3.05, 3.63) is 63.3 Å². The molecular weight excluding hydrogens is 310 g/mol. The Hall–Kier alpha value is -1.09. The molecular formula is C19H20ClNS. The average molecular weight is 330 g/mol. The predicted molar refractivity (Wildman–Crippen MR) is 95.3 cm³/mol. The highest BCUT2D eigenvalue weighted by Gasteiger charge is 2.34. The zero-order chi connectivity index (χ0) is 14.9. The van der Waals surface area contributed by atoms with E-state index < -0.39 is 0 Å². The van der Waals surface area contributed by atoms with Crippen LogP contribution in [0.25, 0.3) is 5.57 Å². The number of nitrogens with zero attached hydrogens (tertiary/aromatic N) is 1. The fraction of sp³-hybridized carbons (Fsp3) is 0.368. The van der Waals surface area contributed by atoms with Crippen LogP contribution in [0.3, 0.4) is 0 Å². The Kier molecular flexibility index (Phi) is 4.08. The minimum Gasteiger partial charge on any atom is -0.289 e. The van der Waals surface area contributed by atoms with E-state index in [4.69, 9.17) is 11.6 Å². The average Bonchev–Trinajstić information content (AvgIpc) is 2.94. The second-order valence-corrected chi connectivity index (χ2v) is 8.02. The molecule has 0 N–H and O–H groups in total. The summed E-state index contributed by atoms with van der Waals surface area (Å²) in [4.78, 5) is 4.07. The van der Waals surface area contributed by atoms with Crippen molar-refractivity contribution in [2.24, 2.45) is 0 Å². The minimum atomic E-state index is 0.587. The smallest absolute Gasteiger partial charge is 0.0934 e. The summed E-state index contributed by atoms with van der Waals surface area (Å²) < 4.78 is 0.896. The molecule has 2 unspecified atom stereocenters. The maximum absolute atomic E-state index is 6.12. The van der Waals surface area contributed by atoms with Crippen LogP contribution in [-0.4, -0.2) is 17.0 Å². The van der Waals surface area contributed by atoms with Crippen molar-refractivity contribution in [3.63, 3.8) is 0 Å². The van der Waals surface area contributed by atoms with Gasteiger partial charge in [-0.3, -0.25) is 4.90 Å². The van der Waals surface area contributed by atoms with E-state index in [1.165, 1.54) is 41.7 Å². The number of thiophene rings is 1. The lowest BCUT2D eigenvalue weighted by molar-refractivity contribution is 0.0952. The van der Waals surface area contributed by atoms with E-state index in [1.807, 2.05) is 6.07 Å². The zero-order valence-electron chi connectivity index (χ0n) is 12.5. The lowest BCUT2D eigenvalue weighted by atomic mass is 9.84. The molecule has 2 bridgehead atoms. The second-order valence-electron chi connectivity index (χ2n) is 6.31. The molecule has 0 spiro atoms. The van der Waals surface area contributed by atoms with Gasteiger partial charge in [0.25, 0.3) is 0 Å². The van der Waals surface area contributed by atoms with Crippen molar-refractivity contribution in [1.29, 1.82) is 0 Å². The molecule has 114 valence electrons. The summed E-state index contributed by atoms with van der Waals surface area (Å²) >= 11 is 7.83. The van der Waals surface area contributed by atoms with E-state index >= 15 is 0 Å². The third kappa shape index (κ3) is 2.88. The molecule has 1 nitrogen and oxygen atoms in total. The van der Waals surface area contributed by atoms with Gasteiger partial charge in [-0.25, -0.2) is 0 Å². The van der Waals surface area contributed by atoms with Gasteiger partial charge in [0, 0.05) is 23.5 Å². The van der Waals surface area contributed by atoms with Gasteiger partial charge in [-0.05, 0) is 42.5 Å². The number of hydrogen-bond donors (Lipinski definition) is 0. The summed E-state index contributed by atoms with van der Waals surface area (Å²) in [5.74, 6) is 0. The first kappa shape index (κ1) is 14.5. The lowest BCUT2D eigenvalue weighted by Gasteiger charge is -2.45. The molecule has 0 saturated carbocycles. The van der Waals surface area contributed by atoms with E-state index in [0.29, 0.717) is 12.1 Å². The molecule has 2 aromatic rings. The molecule has 1 fully saturated rings. The van der Waals surface area contributed by atoms with E-state index in [1.54, 1.807) is 11.3 Å². The topological polar surface area (TPSA) is 3.24 Å². The Morgan fingerprint density at radius 3 is 2.68 bits per heavy atom. The van der Waals surface area contributed by atoms with Crippen LogP contribution in [0.2, 0.25) is 4.34 Å². The first-order valence-electron chi connectivity index (χ1n) is 8.06. The van der Waals surface area contributed by atoms with Crippen molar-refractivity contribution in [2.45, 2.75) is 44.3 Å². The van der Waals surface area contributed by atoms with Crippen molar-refractivity contribution in [1.82, 2.24) is 4.90 Å². The minimum absolute atomic E-state index is 0.587. The Morgan fingerprint density at radius 2 is 1.95 bits per heavy atom. The van der Waals surface area contributed by atoms with Crippen LogP contribution in [-0.2, 0) is 6.54 Å². The Bertz CT molecular complexity index is 676. The van der Waals surface area contributed by atoms with Crippen molar-refractivity contribution in [3.8, 4) is 0 Å². The molecule has 1 aromatic carbocycles. The summed E-state index contributed by atoms with van der Waals surface area (Å²) in [6.07, 6.45) is 7.63. The molecule has 0 aliphatic carbocycles. The second kappa shape index (κ2) is 6.19. The van der Waals surface area contributed by atoms with Crippen LogP contribution in [0.15, 0.2) is 48.5 Å². The van der Waals surface area contributed by atoms with Crippen LogP contribution < -0.4 is 0 Å². The maximum Gasteiger partial charge on any atom is 0.0934 e. The zero-order valence-corrected chi connectivity index (χ0v) is 14.1. The number of hydrogen-bond acceptors (Lipinski definition) is 2. The Labute approximate surface area is 141 Å². The van der Waals surface area contributed by atoms with Gasteiger partial charge in [0.2, 0.25) is 0 Å². The number of halogens is 1. The van der Waals surface area contributed by atoms with Crippen LogP contribution in [0.5, 0.6) is 0 Å². The molecule has 4 rings (SSSR count). The molecule has 2 aliphatic heterocycles. The van der Waals surface area contributed by atoms with Crippen LogP contribution in [0.1, 0.15) is 36.1 Å². The first-order chi connectivity index (χ1) is 10.8. The van der Waals surface area contributed by atoms with Crippen LogP contribution in [0.4, 0.5) is 0 Å². The fourth-order valence-corrected chi connectivity index (χ4v) is 4.90. The van der Waals surface area contributed by atoms with E-state index in [0.717, 1.165) is 10.9 Å². The molecule has 3 heterocycles. The van der Waals surface area contributed by atoms with Gasteiger partial charge in [-0.15, -0.1) is 11.3 Å². The van der Waals surface area contributed by atoms with Gasteiger partial charge < -0.3 is 0 Å². The summed E-state index contributed by atoms with van der Waals surface area (Å²) in [6, 6.07) is 16.3. The van der Waals surface area contributed by atoms with Crippen molar-refractivity contribution in [2.75, 3.05) is 0 Å². The number of benzene rings is 1. The van der Waals surface area contributed by atoms with Gasteiger partial charge in [0.15, 0.2) is 0 Å². The van der Waals surface area contributed by atoms with E-state index in [9.17, 15) is 0 Å². The summed E-state index contributed by atoms with van der Waals surface area (Å²) in [7, 11) is 0. The maximum atomic E-state index is 6.12. The summed E-state index contributed by atoms with van der Waals surface area (Å²) in [5, 5.41) is 0. The van der Waals surface area contributed by atoms with Gasteiger partial charge in [0.05, 0.1) is 4.34 Å². The Balaban J connectivity index is 1.59. The molecule has 2 atom stereocenters. The molecule has 22 heavy (non-hydrogen) atoms. The predicted octanol–water partition coefficient (Wildman–Crippen LogP) is 5.61. The van der Waals surface area contributed by atoms with Crippen LogP contribution in [0, 0.1) is 0 Å². The molecule has 0 radical (unpaired) electrons. The van der Waals surface area contributed by atoms with Gasteiger partial charge in [0.1, 0.15) is 0 Å². The number of rotatable bonds is 3. The summed E-state index contributed by atoms with van der Waals surface area (Å²) in [6.45, 7) is 1.07. The SMILES string of the molecule is Clc1ccc(C2=CC3CCCC(C2)N3Cc2ccccc2)s1. The molecule has 1 saturated heterocycles. The highest BCUT2D eigenvalue weighted by Crippen LogP contribution is 2.40. The molecule has 1 aromatic heterocycles. The monoisotopic (exact) mass is 329 g/mol. The highest BCUT2D eigenvalue weighted by atomic mass is 35.5. The normalized spacial score (nSPS) is 25.0. The van der Waals surface area contributed by atoms with Crippen molar-refractivity contribution < 1.29 is 0 Å². The quantitative estimate of drug-likeness (QED) is 0.707. The largest absolute Gasteiger partial charge is 0.289 e. The first-order valence-corrected chi connectivity index (χ1v) is 9.25. The lowest BCUT2D eigenvalue weighted by Crippen LogP contribution is -2.47. The van der Waals surface area contributed by atoms with Crippen LogP contribution >= 0.6 is 22.9 Å². The van der Waals surface area contributed by atoms with E-state index in [2.05, 4.69) is 47.4 Å².